The summed E-state index contributed by atoms with van der Waals surface area (Å²) in [6.45, 7) is 8.52. The number of carbonyl (C=O) groups is 1. The molecule has 1 aromatic carbocycles. The largest absolute Gasteiger partial charge is 0.411 e. The number of carbonyl (C=O) groups excluding carboxylic acids is 1. The third-order valence-corrected chi connectivity index (χ3v) is 6.50. The summed E-state index contributed by atoms with van der Waals surface area (Å²) in [5.74, 6) is 1.91. The monoisotopic (exact) mass is 509 g/mol. The van der Waals surface area contributed by atoms with E-state index >= 15 is 0 Å². The van der Waals surface area contributed by atoms with Crippen LogP contribution in [-0.2, 0) is 21.0 Å². The Morgan fingerprint density at radius 2 is 2.00 bits per heavy atom. The number of piperidine rings is 1. The van der Waals surface area contributed by atoms with Crippen molar-refractivity contribution in [2.24, 2.45) is 10.9 Å². The Hall–Kier alpha value is -3.20. The number of quaternary nitrogens is 1. The molecule has 200 valence electrons. The summed E-state index contributed by atoms with van der Waals surface area (Å²) in [4.78, 5) is 25.7. The molecule has 2 heterocycles. The predicted octanol–water partition coefficient (Wildman–Crippen LogP) is 4.15. The Balaban J connectivity index is 1.32. The number of furan rings is 1. The molecule has 3 rings (SSSR count). The van der Waals surface area contributed by atoms with Gasteiger partial charge in [-0.05, 0) is 62.4 Å². The van der Waals surface area contributed by atoms with Gasteiger partial charge in [0.05, 0.1) is 13.7 Å². The second kappa shape index (κ2) is 16.5. The van der Waals surface area contributed by atoms with Crippen LogP contribution in [0.3, 0.4) is 0 Å². The average Bonchev–Trinajstić information content (AvgIpc) is 3.38. The van der Waals surface area contributed by atoms with E-state index in [9.17, 15) is 4.79 Å². The number of hydrogen-bond acceptors (Lipinski definition) is 6. The lowest BCUT2D eigenvalue weighted by atomic mass is 9.93. The summed E-state index contributed by atoms with van der Waals surface area (Å²) in [6.07, 6.45) is 12.3. The summed E-state index contributed by atoms with van der Waals surface area (Å²) in [5.41, 5.74) is 2.73. The second-order valence-corrected chi connectivity index (χ2v) is 9.25. The van der Waals surface area contributed by atoms with E-state index in [0.29, 0.717) is 24.2 Å². The zero-order chi connectivity index (χ0) is 26.1. The molecule has 0 bridgehead atoms. The van der Waals surface area contributed by atoms with Gasteiger partial charge in [-0.15, -0.1) is 5.48 Å². The van der Waals surface area contributed by atoms with Gasteiger partial charge in [0, 0.05) is 57.3 Å². The number of likely N-dealkylation sites (tertiary alicyclic amines) is 1. The van der Waals surface area contributed by atoms with Crippen molar-refractivity contribution >= 4 is 24.6 Å². The standard InChI is InChI=1S/C29H40N4O4/c1-30-17-22-32(18-6-7-23-36-24-26-8-4-3-5-9-26)19-14-25-15-20-33(21-16-25)29(34)13-11-27-10-12-28(37-27)31-35-2/h3-5,8-13,17,22,25,31H,1,6-7,14-16,18-21,23-24H2,2H3/p+1/b13-11+,22-17-. The first-order chi connectivity index (χ1) is 18.2. The van der Waals surface area contributed by atoms with Gasteiger partial charge in [0.15, 0.2) is 0 Å². The van der Waals surface area contributed by atoms with Gasteiger partial charge in [0.1, 0.15) is 5.76 Å². The number of rotatable bonds is 16. The van der Waals surface area contributed by atoms with E-state index in [1.54, 1.807) is 25.5 Å². The number of aliphatic imine (C=N–C) groups is 1. The van der Waals surface area contributed by atoms with Crippen molar-refractivity contribution in [1.82, 2.24) is 9.80 Å². The number of unbranched alkanes of at least 4 members (excludes halogenated alkanes) is 1. The van der Waals surface area contributed by atoms with Crippen molar-refractivity contribution in [2.75, 3.05) is 39.9 Å². The van der Waals surface area contributed by atoms with E-state index < -0.39 is 0 Å². The van der Waals surface area contributed by atoms with E-state index in [4.69, 9.17) is 14.0 Å². The van der Waals surface area contributed by atoms with Gasteiger partial charge < -0.3 is 19.0 Å². The molecule has 1 amide bonds. The highest BCUT2D eigenvalue weighted by atomic mass is 16.6. The molecule has 1 saturated heterocycles. The lowest BCUT2D eigenvalue weighted by Crippen LogP contribution is -2.75. The number of benzene rings is 1. The van der Waals surface area contributed by atoms with Crippen molar-refractivity contribution in [2.45, 2.75) is 38.7 Å². The third-order valence-electron chi connectivity index (χ3n) is 6.50. The van der Waals surface area contributed by atoms with Crippen LogP contribution >= 0.6 is 0 Å². The zero-order valence-electron chi connectivity index (χ0n) is 22.0. The first-order valence-electron chi connectivity index (χ1n) is 13.1. The fraction of sp³-hybridized carbons (Fsp3) is 0.448. The smallest absolute Gasteiger partial charge is 0.326 e. The summed E-state index contributed by atoms with van der Waals surface area (Å²) in [7, 11) is 1.57. The van der Waals surface area contributed by atoms with Crippen molar-refractivity contribution in [3.63, 3.8) is 0 Å². The van der Waals surface area contributed by atoms with Crippen molar-refractivity contribution in [3.05, 3.63) is 72.3 Å². The topological polar surface area (TPSA) is 84.1 Å². The van der Waals surface area contributed by atoms with Crippen LogP contribution in [0.1, 0.15) is 43.4 Å². The molecule has 0 radical (unpaired) electrons. The third kappa shape index (κ3) is 10.8. The van der Waals surface area contributed by atoms with E-state index in [-0.39, 0.29) is 5.91 Å². The number of nitrogens with two attached hydrogens (primary N) is 1. The first-order valence-corrected chi connectivity index (χ1v) is 13.1. The van der Waals surface area contributed by atoms with Crippen LogP contribution in [0.5, 0.6) is 0 Å². The van der Waals surface area contributed by atoms with Crippen molar-refractivity contribution < 1.29 is 24.3 Å². The quantitative estimate of drug-likeness (QED) is 0.159. The highest BCUT2D eigenvalue weighted by molar-refractivity contribution is 5.91. The summed E-state index contributed by atoms with van der Waals surface area (Å²) >= 11 is 0. The lowest BCUT2D eigenvalue weighted by molar-refractivity contribution is -0.837. The van der Waals surface area contributed by atoms with Gasteiger partial charge in [-0.2, -0.15) is 0 Å². The molecule has 8 nitrogen and oxygen atoms in total. The van der Waals surface area contributed by atoms with Gasteiger partial charge >= 0.3 is 5.88 Å². The van der Waals surface area contributed by atoms with E-state index in [1.807, 2.05) is 41.4 Å². The molecular formula is C29H41N4O4+. The number of amides is 1. The lowest BCUT2D eigenvalue weighted by Gasteiger charge is -2.32. The molecule has 0 spiro atoms. The molecule has 37 heavy (non-hydrogen) atoms. The maximum Gasteiger partial charge on any atom is 0.326 e. The Labute approximate surface area is 220 Å². The zero-order valence-corrected chi connectivity index (χ0v) is 22.0. The highest BCUT2D eigenvalue weighted by Gasteiger charge is 2.22. The number of nitrogens with zero attached hydrogens (tertiary/aromatic N) is 3. The molecule has 0 saturated carbocycles. The predicted molar refractivity (Wildman–Crippen MR) is 146 cm³/mol. The summed E-state index contributed by atoms with van der Waals surface area (Å²) < 4.78 is 11.4. The molecule has 1 fully saturated rings. The van der Waals surface area contributed by atoms with Crippen LogP contribution in [0.2, 0.25) is 0 Å². The molecule has 0 aliphatic carbocycles. The normalized spacial score (nSPS) is 14.6. The Bertz CT molecular complexity index is 981. The van der Waals surface area contributed by atoms with Gasteiger partial charge in [-0.25, -0.2) is 4.84 Å². The summed E-state index contributed by atoms with van der Waals surface area (Å²) in [6, 6.07) is 13.9. The maximum absolute atomic E-state index is 12.6. The van der Waals surface area contributed by atoms with Crippen LogP contribution in [0.25, 0.3) is 6.08 Å². The minimum Gasteiger partial charge on any atom is -0.411 e. The fourth-order valence-corrected chi connectivity index (χ4v) is 4.37. The molecule has 1 aliphatic rings. The van der Waals surface area contributed by atoms with Gasteiger partial charge in [0.2, 0.25) is 5.91 Å². The van der Waals surface area contributed by atoms with Crippen molar-refractivity contribution in [1.29, 1.82) is 0 Å². The first kappa shape index (κ1) is 28.4. The van der Waals surface area contributed by atoms with Gasteiger partial charge in [0.25, 0.3) is 0 Å². The molecule has 1 aliphatic heterocycles. The Kier molecular flexibility index (Phi) is 12.7. The molecule has 8 heteroatoms. The van der Waals surface area contributed by atoms with Crippen LogP contribution in [0.4, 0.5) is 5.88 Å². The van der Waals surface area contributed by atoms with Crippen LogP contribution in [0, 0.1) is 5.92 Å². The number of hydrogen-bond donors (Lipinski definition) is 1. The van der Waals surface area contributed by atoms with Crippen LogP contribution < -0.4 is 5.48 Å². The van der Waals surface area contributed by atoms with Gasteiger partial charge in [-0.3, -0.25) is 9.79 Å². The molecule has 2 N–H and O–H groups in total. The van der Waals surface area contributed by atoms with E-state index in [0.717, 1.165) is 64.9 Å². The number of ether oxygens (including phenoxy) is 1. The molecule has 0 atom stereocenters. The Morgan fingerprint density at radius 1 is 1.19 bits per heavy atom. The van der Waals surface area contributed by atoms with Gasteiger partial charge in [-0.1, -0.05) is 30.3 Å². The maximum atomic E-state index is 12.6. The van der Waals surface area contributed by atoms with E-state index in [1.165, 1.54) is 11.0 Å². The molecule has 1 aromatic heterocycles. The fourth-order valence-electron chi connectivity index (χ4n) is 4.37. The molecule has 2 aromatic rings. The minimum absolute atomic E-state index is 0.0308. The Morgan fingerprint density at radius 3 is 2.76 bits per heavy atom. The second-order valence-electron chi connectivity index (χ2n) is 9.25. The molecular weight excluding hydrogens is 468 g/mol. The summed E-state index contributed by atoms with van der Waals surface area (Å²) in [5, 5.41) is 0. The van der Waals surface area contributed by atoms with Crippen LogP contribution in [0.15, 0.2) is 70.4 Å². The highest BCUT2D eigenvalue weighted by Crippen LogP contribution is 2.22. The average molecular weight is 510 g/mol. The van der Waals surface area contributed by atoms with Crippen LogP contribution in [-0.4, -0.2) is 62.3 Å². The molecule has 0 unspecified atom stereocenters. The minimum atomic E-state index is 0.0308. The SMILES string of the molecule is C=N/C=C\N(CCCCOCc1ccccc1)CCC1CCN(C(=O)/C=C/c2ccc([NH2+]OC)o2)CC1. The van der Waals surface area contributed by atoms with E-state index in [2.05, 4.69) is 28.7 Å². The van der Waals surface area contributed by atoms with Crippen molar-refractivity contribution in [3.8, 4) is 0 Å².